The molecule has 3 N–H and O–H groups in total. The summed E-state index contributed by atoms with van der Waals surface area (Å²) in [5.41, 5.74) is 0. The van der Waals surface area contributed by atoms with E-state index in [0.717, 1.165) is 0 Å². The maximum absolute atomic E-state index is 8.63. The predicted octanol–water partition coefficient (Wildman–Crippen LogP) is 0.567. The van der Waals surface area contributed by atoms with Crippen molar-refractivity contribution >= 4 is 0 Å². The zero-order valence-corrected chi connectivity index (χ0v) is 7.14. The van der Waals surface area contributed by atoms with Crippen molar-refractivity contribution in [3.8, 4) is 5.75 Å². The molecule has 0 saturated heterocycles. The summed E-state index contributed by atoms with van der Waals surface area (Å²) in [5, 5.41) is 8.63. The molecule has 0 fully saturated rings. The first-order valence-corrected chi connectivity index (χ1v) is 2.13. The van der Waals surface area contributed by atoms with Crippen molar-refractivity contribution in [2.24, 2.45) is 0 Å². The summed E-state index contributed by atoms with van der Waals surface area (Å²) in [6.45, 7) is 0. The van der Waals surface area contributed by atoms with Crippen molar-refractivity contribution in [2.75, 3.05) is 0 Å². The molecule has 0 bridgehead atoms. The van der Waals surface area contributed by atoms with Gasteiger partial charge in [0.2, 0.25) is 0 Å². The van der Waals surface area contributed by atoms with E-state index >= 15 is 0 Å². The Bertz CT molecular complexity index is 141. The molecule has 0 amide bonds. The van der Waals surface area contributed by atoms with E-state index in [1.165, 1.54) is 0 Å². The van der Waals surface area contributed by atoms with Crippen LogP contribution in [-0.4, -0.2) is 10.6 Å². The van der Waals surface area contributed by atoms with Crippen LogP contribution in [0.5, 0.6) is 5.75 Å². The molecular formula is C6H8EuO2. The topological polar surface area (TPSA) is 51.7 Å². The molecule has 0 heterocycles. The van der Waals surface area contributed by atoms with E-state index in [2.05, 4.69) is 0 Å². The van der Waals surface area contributed by atoms with Crippen LogP contribution in [0.4, 0.5) is 0 Å². The number of benzene rings is 1. The van der Waals surface area contributed by atoms with Crippen molar-refractivity contribution in [2.45, 2.75) is 0 Å². The third-order valence-corrected chi connectivity index (χ3v) is 0.756. The zero-order valence-electron chi connectivity index (χ0n) is 4.71. The zero-order chi connectivity index (χ0) is 5.11. The molecule has 0 aliphatic carbocycles. The van der Waals surface area contributed by atoms with Gasteiger partial charge in [0.15, 0.2) is 0 Å². The van der Waals surface area contributed by atoms with Crippen LogP contribution in [0, 0.1) is 49.4 Å². The largest absolute Gasteiger partial charge is 0.508 e. The van der Waals surface area contributed by atoms with Gasteiger partial charge in [-0.1, -0.05) is 18.2 Å². The Hall–Kier alpha value is 0.564. The number of para-hydroxylation sites is 1. The van der Waals surface area contributed by atoms with Crippen LogP contribution in [0.3, 0.4) is 0 Å². The summed E-state index contributed by atoms with van der Waals surface area (Å²) in [5.74, 6) is 0.322. The van der Waals surface area contributed by atoms with E-state index in [1.54, 1.807) is 24.3 Å². The monoisotopic (exact) mass is 265 g/mol. The van der Waals surface area contributed by atoms with Crippen LogP contribution in [0.2, 0.25) is 0 Å². The first-order chi connectivity index (χ1) is 3.39. The van der Waals surface area contributed by atoms with Gasteiger partial charge in [0, 0.05) is 49.4 Å². The number of phenols is 1. The number of hydrogen-bond acceptors (Lipinski definition) is 1. The van der Waals surface area contributed by atoms with Gasteiger partial charge in [-0.3, -0.25) is 0 Å². The first-order valence-electron chi connectivity index (χ1n) is 2.13. The van der Waals surface area contributed by atoms with E-state index in [4.69, 9.17) is 5.11 Å². The average molecular weight is 264 g/mol. The summed E-state index contributed by atoms with van der Waals surface area (Å²) >= 11 is 0. The van der Waals surface area contributed by atoms with Gasteiger partial charge in [0.25, 0.3) is 0 Å². The summed E-state index contributed by atoms with van der Waals surface area (Å²) < 4.78 is 0. The molecule has 51 valence electrons. The second-order valence-electron chi connectivity index (χ2n) is 1.34. The second-order valence-corrected chi connectivity index (χ2v) is 1.34. The van der Waals surface area contributed by atoms with Crippen molar-refractivity contribution in [3.05, 3.63) is 30.3 Å². The molecular weight excluding hydrogens is 256 g/mol. The van der Waals surface area contributed by atoms with Crippen LogP contribution < -0.4 is 0 Å². The standard InChI is InChI=1S/C6H6O.Eu.H2O/c7-6-4-2-1-3-5-6;;/h1-5,7H;;1H2. The van der Waals surface area contributed by atoms with Crippen molar-refractivity contribution in [3.63, 3.8) is 0 Å². The maximum Gasteiger partial charge on any atom is 0.115 e. The summed E-state index contributed by atoms with van der Waals surface area (Å²) in [6, 6.07) is 8.71. The molecule has 0 unspecified atom stereocenters. The number of phenolic OH excluding ortho intramolecular Hbond substituents is 1. The summed E-state index contributed by atoms with van der Waals surface area (Å²) in [6.07, 6.45) is 0. The third-order valence-electron chi connectivity index (χ3n) is 0.756. The SMILES string of the molecule is O.Oc1ccccc1.[Eu]. The smallest absolute Gasteiger partial charge is 0.115 e. The summed E-state index contributed by atoms with van der Waals surface area (Å²) in [7, 11) is 0. The van der Waals surface area contributed by atoms with E-state index in [0.29, 0.717) is 5.75 Å². The molecule has 0 aliphatic rings. The molecule has 0 spiro atoms. The second kappa shape index (κ2) is 6.68. The molecule has 1 aromatic carbocycles. The van der Waals surface area contributed by atoms with Crippen LogP contribution in [-0.2, 0) is 0 Å². The van der Waals surface area contributed by atoms with Crippen molar-refractivity contribution < 1.29 is 60.0 Å². The Balaban J connectivity index is 0. The van der Waals surface area contributed by atoms with Crippen molar-refractivity contribution in [1.29, 1.82) is 0 Å². The Morgan fingerprint density at radius 1 is 1.00 bits per heavy atom. The Kier molecular flexibility index (Phi) is 9.10. The minimum atomic E-state index is 0. The van der Waals surface area contributed by atoms with Gasteiger partial charge >= 0.3 is 0 Å². The van der Waals surface area contributed by atoms with Crippen LogP contribution in [0.25, 0.3) is 0 Å². The molecule has 0 saturated carbocycles. The molecule has 2 nitrogen and oxygen atoms in total. The number of rotatable bonds is 0. The minimum absolute atomic E-state index is 0. The fourth-order valence-electron chi connectivity index (χ4n) is 0.428. The Labute approximate surface area is 94.7 Å². The summed E-state index contributed by atoms with van der Waals surface area (Å²) in [4.78, 5) is 0. The van der Waals surface area contributed by atoms with Gasteiger partial charge < -0.3 is 10.6 Å². The van der Waals surface area contributed by atoms with Gasteiger partial charge in [0.05, 0.1) is 0 Å². The van der Waals surface area contributed by atoms with Gasteiger partial charge in [0.1, 0.15) is 5.75 Å². The van der Waals surface area contributed by atoms with E-state index in [9.17, 15) is 0 Å². The normalized spacial score (nSPS) is 6.67. The molecule has 1 rings (SSSR count). The molecule has 0 aromatic heterocycles. The van der Waals surface area contributed by atoms with E-state index in [-0.39, 0.29) is 54.9 Å². The third kappa shape index (κ3) is 5.03. The van der Waals surface area contributed by atoms with Gasteiger partial charge in [-0.25, -0.2) is 0 Å². The first kappa shape index (κ1) is 12.3. The number of hydrogen-bond donors (Lipinski definition) is 1. The number of aromatic hydroxyl groups is 1. The molecule has 3 heteroatoms. The predicted molar refractivity (Wildman–Crippen MR) is 31.7 cm³/mol. The molecule has 1 radical (unpaired) electrons. The molecule has 1 aromatic rings. The fourth-order valence-corrected chi connectivity index (χ4v) is 0.428. The molecule has 0 atom stereocenters. The van der Waals surface area contributed by atoms with Gasteiger partial charge in [-0.15, -0.1) is 0 Å². The van der Waals surface area contributed by atoms with Crippen LogP contribution in [0.15, 0.2) is 30.3 Å². The Morgan fingerprint density at radius 2 is 1.44 bits per heavy atom. The van der Waals surface area contributed by atoms with Crippen LogP contribution in [0.1, 0.15) is 0 Å². The average Bonchev–Trinajstić information content (AvgIpc) is 1.69. The van der Waals surface area contributed by atoms with E-state index < -0.39 is 0 Å². The maximum atomic E-state index is 8.63. The quantitative estimate of drug-likeness (QED) is 0.731. The van der Waals surface area contributed by atoms with Gasteiger partial charge in [-0.05, 0) is 12.1 Å². The molecule has 0 aliphatic heterocycles. The van der Waals surface area contributed by atoms with Crippen LogP contribution >= 0.6 is 0 Å². The van der Waals surface area contributed by atoms with E-state index in [1.807, 2.05) is 6.07 Å². The fraction of sp³-hybridized carbons (Fsp3) is 0. The van der Waals surface area contributed by atoms with Crippen molar-refractivity contribution in [1.82, 2.24) is 0 Å². The molecule has 9 heavy (non-hydrogen) atoms. The Morgan fingerprint density at radius 3 is 1.67 bits per heavy atom. The minimum Gasteiger partial charge on any atom is -0.508 e. The van der Waals surface area contributed by atoms with Gasteiger partial charge in [-0.2, -0.15) is 0 Å².